The first-order valence-corrected chi connectivity index (χ1v) is 8.48. The van der Waals surface area contributed by atoms with E-state index in [2.05, 4.69) is 5.32 Å². The lowest BCUT2D eigenvalue weighted by Crippen LogP contribution is -2.20. The molecule has 0 heterocycles. The summed E-state index contributed by atoms with van der Waals surface area (Å²) in [6.45, 7) is 1.74. The molecule has 0 radical (unpaired) electrons. The molecule has 0 aliphatic carbocycles. The second-order valence-electron chi connectivity index (χ2n) is 5.69. The van der Waals surface area contributed by atoms with Crippen LogP contribution in [0.15, 0.2) is 42.5 Å². The number of aliphatic carboxylic acids is 1. The number of carboxylic acid groups (broad SMARTS) is 1. The maximum atomic E-state index is 12.6. The summed E-state index contributed by atoms with van der Waals surface area (Å²) in [4.78, 5) is 23.2. The number of anilines is 1. The molecule has 0 fully saturated rings. The molecule has 0 saturated carbocycles. The molecule has 1 unspecified atom stereocenters. The van der Waals surface area contributed by atoms with E-state index in [1.165, 1.54) is 6.07 Å². The summed E-state index contributed by atoms with van der Waals surface area (Å²) in [6.07, 6.45) is -0.223. The Morgan fingerprint density at radius 3 is 2.70 bits per heavy atom. The Balaban J connectivity index is 2.16. The first kappa shape index (κ1) is 20.5. The van der Waals surface area contributed by atoms with Gasteiger partial charge in [0.15, 0.2) is 6.61 Å². The highest BCUT2D eigenvalue weighted by molar-refractivity contribution is 6.31. The molecule has 0 saturated heterocycles. The Labute approximate surface area is 161 Å². The van der Waals surface area contributed by atoms with Crippen molar-refractivity contribution in [2.75, 3.05) is 25.6 Å². The van der Waals surface area contributed by atoms with Crippen LogP contribution in [0.3, 0.4) is 0 Å². The molecule has 2 aromatic carbocycles. The molecule has 2 aromatic rings. The minimum Gasteiger partial charge on any atom is -0.486 e. The van der Waals surface area contributed by atoms with Gasteiger partial charge in [0.05, 0.1) is 12.3 Å². The molecule has 0 bridgehead atoms. The van der Waals surface area contributed by atoms with Crippen molar-refractivity contribution in [2.24, 2.45) is 0 Å². The Morgan fingerprint density at radius 1 is 1.22 bits per heavy atom. The van der Waals surface area contributed by atoms with Gasteiger partial charge < -0.3 is 24.6 Å². The van der Waals surface area contributed by atoms with Gasteiger partial charge in [-0.2, -0.15) is 0 Å². The van der Waals surface area contributed by atoms with E-state index in [1.807, 2.05) is 6.92 Å². The Hall–Kier alpha value is -2.77. The lowest BCUT2D eigenvalue weighted by molar-refractivity contribution is -0.139. The van der Waals surface area contributed by atoms with Crippen LogP contribution in [0.1, 0.15) is 17.3 Å². The average Bonchev–Trinajstić information content (AvgIpc) is 2.62. The zero-order chi connectivity index (χ0) is 19.8. The molecule has 2 rings (SSSR count). The molecule has 144 valence electrons. The average molecular weight is 394 g/mol. The van der Waals surface area contributed by atoms with Crippen LogP contribution in [-0.2, 0) is 9.53 Å². The highest BCUT2D eigenvalue weighted by atomic mass is 35.5. The number of hydrogen-bond donors (Lipinski definition) is 2. The van der Waals surface area contributed by atoms with Crippen molar-refractivity contribution in [2.45, 2.75) is 13.0 Å². The SMILES string of the molecule is COCC(C)Oc1ccc(Cl)cc1NC(=O)c1cccc(OCC(=O)O)c1. The van der Waals surface area contributed by atoms with Crippen molar-refractivity contribution in [3.63, 3.8) is 0 Å². The molecule has 0 aliphatic rings. The predicted molar refractivity (Wildman–Crippen MR) is 101 cm³/mol. The second-order valence-corrected chi connectivity index (χ2v) is 6.13. The van der Waals surface area contributed by atoms with Crippen LogP contribution >= 0.6 is 11.6 Å². The first-order valence-electron chi connectivity index (χ1n) is 8.10. The fraction of sp³-hybridized carbons (Fsp3) is 0.263. The van der Waals surface area contributed by atoms with Crippen molar-refractivity contribution in [3.05, 3.63) is 53.1 Å². The Bertz CT molecular complexity index is 811. The maximum Gasteiger partial charge on any atom is 0.341 e. The fourth-order valence-corrected chi connectivity index (χ4v) is 2.43. The summed E-state index contributed by atoms with van der Waals surface area (Å²) in [7, 11) is 1.57. The standard InChI is InChI=1S/C19H20ClNO6/c1-12(10-25-2)27-17-7-6-14(20)9-16(17)21-19(24)13-4-3-5-15(8-13)26-11-18(22)23/h3-9,12H,10-11H2,1-2H3,(H,21,24)(H,22,23). The molecule has 8 heteroatoms. The highest BCUT2D eigenvalue weighted by Gasteiger charge is 2.14. The minimum atomic E-state index is -1.10. The van der Waals surface area contributed by atoms with E-state index in [0.717, 1.165) is 0 Å². The number of rotatable bonds is 9. The van der Waals surface area contributed by atoms with Crippen LogP contribution in [0, 0.1) is 0 Å². The van der Waals surface area contributed by atoms with Gasteiger partial charge >= 0.3 is 5.97 Å². The van der Waals surface area contributed by atoms with Crippen LogP contribution < -0.4 is 14.8 Å². The maximum absolute atomic E-state index is 12.6. The lowest BCUT2D eigenvalue weighted by Gasteiger charge is -2.17. The van der Waals surface area contributed by atoms with E-state index in [1.54, 1.807) is 43.5 Å². The number of halogens is 1. The number of amides is 1. The third-order valence-electron chi connectivity index (χ3n) is 3.38. The van der Waals surface area contributed by atoms with E-state index >= 15 is 0 Å². The number of carbonyl (C=O) groups excluding carboxylic acids is 1. The summed E-state index contributed by atoms with van der Waals surface area (Å²) in [6, 6.07) is 11.1. The van der Waals surface area contributed by atoms with Crippen molar-refractivity contribution < 1.29 is 28.9 Å². The van der Waals surface area contributed by atoms with E-state index in [9.17, 15) is 9.59 Å². The number of carboxylic acids is 1. The molecule has 7 nitrogen and oxygen atoms in total. The van der Waals surface area contributed by atoms with Crippen molar-refractivity contribution >= 4 is 29.2 Å². The van der Waals surface area contributed by atoms with Gasteiger partial charge in [-0.3, -0.25) is 4.79 Å². The molecule has 0 spiro atoms. The highest BCUT2D eigenvalue weighted by Crippen LogP contribution is 2.29. The molecular formula is C19H20ClNO6. The zero-order valence-electron chi connectivity index (χ0n) is 14.9. The number of methoxy groups -OCH3 is 1. The molecule has 1 atom stereocenters. The van der Waals surface area contributed by atoms with E-state index in [0.29, 0.717) is 28.6 Å². The molecular weight excluding hydrogens is 374 g/mol. The van der Waals surface area contributed by atoms with Crippen LogP contribution in [0.5, 0.6) is 11.5 Å². The monoisotopic (exact) mass is 393 g/mol. The third kappa shape index (κ3) is 6.47. The van der Waals surface area contributed by atoms with Crippen LogP contribution in [0.25, 0.3) is 0 Å². The summed E-state index contributed by atoms with van der Waals surface area (Å²) >= 11 is 6.03. The smallest absolute Gasteiger partial charge is 0.341 e. The summed E-state index contributed by atoms with van der Waals surface area (Å²) in [5.41, 5.74) is 0.709. The number of benzene rings is 2. The predicted octanol–water partition coefficient (Wildman–Crippen LogP) is 3.47. The Kier molecular flexibility index (Phi) is 7.45. The van der Waals surface area contributed by atoms with Crippen LogP contribution in [-0.4, -0.2) is 43.4 Å². The third-order valence-corrected chi connectivity index (χ3v) is 3.61. The van der Waals surface area contributed by atoms with Crippen molar-refractivity contribution in [1.82, 2.24) is 0 Å². The van der Waals surface area contributed by atoms with Gasteiger partial charge in [-0.25, -0.2) is 4.79 Å². The normalized spacial score (nSPS) is 11.5. The quantitative estimate of drug-likeness (QED) is 0.677. The summed E-state index contributed by atoms with van der Waals surface area (Å²) in [5.74, 6) is -0.782. The zero-order valence-corrected chi connectivity index (χ0v) is 15.7. The molecule has 0 aromatic heterocycles. The van der Waals surface area contributed by atoms with Gasteiger partial charge in [0.2, 0.25) is 0 Å². The van der Waals surface area contributed by atoms with Gasteiger partial charge in [-0.1, -0.05) is 17.7 Å². The first-order chi connectivity index (χ1) is 12.9. The lowest BCUT2D eigenvalue weighted by atomic mass is 10.2. The van der Waals surface area contributed by atoms with E-state index in [4.69, 9.17) is 30.9 Å². The van der Waals surface area contributed by atoms with E-state index < -0.39 is 18.5 Å². The molecule has 27 heavy (non-hydrogen) atoms. The summed E-state index contributed by atoms with van der Waals surface area (Å²) in [5, 5.41) is 11.9. The second kappa shape index (κ2) is 9.80. The fourth-order valence-electron chi connectivity index (χ4n) is 2.25. The van der Waals surface area contributed by atoms with Gasteiger partial charge in [0.25, 0.3) is 5.91 Å². The number of ether oxygens (including phenoxy) is 3. The van der Waals surface area contributed by atoms with Crippen LogP contribution in [0.4, 0.5) is 5.69 Å². The van der Waals surface area contributed by atoms with Gasteiger partial charge in [0, 0.05) is 17.7 Å². The van der Waals surface area contributed by atoms with Crippen molar-refractivity contribution in [1.29, 1.82) is 0 Å². The topological polar surface area (TPSA) is 94.1 Å². The number of carbonyl (C=O) groups is 2. The van der Waals surface area contributed by atoms with Gasteiger partial charge in [-0.05, 0) is 43.3 Å². The van der Waals surface area contributed by atoms with E-state index in [-0.39, 0.29) is 11.9 Å². The van der Waals surface area contributed by atoms with Crippen LogP contribution in [0.2, 0.25) is 5.02 Å². The summed E-state index contributed by atoms with van der Waals surface area (Å²) < 4.78 is 15.9. The van der Waals surface area contributed by atoms with Gasteiger partial charge in [0.1, 0.15) is 17.6 Å². The minimum absolute atomic E-state index is 0.223. The molecule has 1 amide bonds. The molecule has 0 aliphatic heterocycles. The molecule has 2 N–H and O–H groups in total. The largest absolute Gasteiger partial charge is 0.486 e. The van der Waals surface area contributed by atoms with Crippen molar-refractivity contribution in [3.8, 4) is 11.5 Å². The Morgan fingerprint density at radius 2 is 2.00 bits per heavy atom. The number of hydrogen-bond acceptors (Lipinski definition) is 5. The van der Waals surface area contributed by atoms with Gasteiger partial charge in [-0.15, -0.1) is 0 Å². The number of nitrogens with one attached hydrogen (secondary N) is 1.